The van der Waals surface area contributed by atoms with Gasteiger partial charge in [0.25, 0.3) is 0 Å². The van der Waals surface area contributed by atoms with Gasteiger partial charge in [0.2, 0.25) is 0 Å². The molecule has 2 aromatic carbocycles. The largest absolute Gasteiger partial charge is 0.223 e. The Morgan fingerprint density at radius 1 is 1.05 bits per heavy atom. The van der Waals surface area contributed by atoms with E-state index < -0.39 is 21.0 Å². The number of rotatable bonds is 3. The molecule has 2 aromatic rings. The molecule has 1 aliphatic carbocycles. The average Bonchev–Trinajstić information content (AvgIpc) is 3.24. The third-order valence-corrected chi connectivity index (χ3v) is 6.87. The lowest BCUT2D eigenvalue weighted by Gasteiger charge is -2.04. The smallest absolute Gasteiger partial charge is 0.183 e. The summed E-state index contributed by atoms with van der Waals surface area (Å²) in [6, 6.07) is 15.6. The van der Waals surface area contributed by atoms with Gasteiger partial charge in [-0.2, -0.15) is 5.26 Å². The lowest BCUT2D eigenvalue weighted by molar-refractivity contribution is 0.593. The van der Waals surface area contributed by atoms with Gasteiger partial charge in [0, 0.05) is 15.4 Å². The van der Waals surface area contributed by atoms with Crippen LogP contribution < -0.4 is 0 Å². The zero-order valence-corrected chi connectivity index (χ0v) is 14.4. The van der Waals surface area contributed by atoms with Crippen LogP contribution in [-0.4, -0.2) is 13.7 Å². The number of hydrogen-bond acceptors (Lipinski definition) is 3. The van der Waals surface area contributed by atoms with Crippen molar-refractivity contribution in [3.05, 3.63) is 63.6 Å². The summed E-state index contributed by atoms with van der Waals surface area (Å²) in [4.78, 5) is 0.210. The summed E-state index contributed by atoms with van der Waals surface area (Å²) in [7, 11) is -3.54. The molecule has 1 fully saturated rings. The van der Waals surface area contributed by atoms with Crippen molar-refractivity contribution in [1.82, 2.24) is 0 Å². The minimum Gasteiger partial charge on any atom is -0.223 e. The van der Waals surface area contributed by atoms with Gasteiger partial charge in [0.05, 0.1) is 22.1 Å². The van der Waals surface area contributed by atoms with Gasteiger partial charge >= 0.3 is 0 Å². The molecule has 3 nitrogen and oxygen atoms in total. The van der Waals surface area contributed by atoms with Crippen molar-refractivity contribution in [2.75, 3.05) is 0 Å². The highest BCUT2D eigenvalue weighted by Crippen LogP contribution is 2.53. The second kappa shape index (κ2) is 5.69. The van der Waals surface area contributed by atoms with Crippen molar-refractivity contribution in [3.63, 3.8) is 0 Å². The molecular weight excluding hydrogens is 386 g/mol. The van der Waals surface area contributed by atoms with Crippen LogP contribution in [-0.2, 0) is 9.84 Å². The quantitative estimate of drug-likeness (QED) is 0.782. The fourth-order valence-electron chi connectivity index (χ4n) is 2.69. The molecule has 3 atom stereocenters. The molecule has 22 heavy (non-hydrogen) atoms. The minimum absolute atomic E-state index is 0.210. The lowest BCUT2D eigenvalue weighted by Crippen LogP contribution is -2.10. The third-order valence-electron chi connectivity index (χ3n) is 3.86. The van der Waals surface area contributed by atoms with Crippen LogP contribution in [0.3, 0.4) is 0 Å². The predicted molar refractivity (Wildman–Crippen MR) is 88.4 cm³/mol. The van der Waals surface area contributed by atoms with E-state index in [1.807, 2.05) is 24.3 Å². The first-order valence-electron chi connectivity index (χ1n) is 6.59. The Hall–Kier alpha value is -1.35. The molecule has 1 saturated carbocycles. The molecular formula is C16H11BrClNO2S. The Kier molecular flexibility index (Phi) is 4.02. The summed E-state index contributed by atoms with van der Waals surface area (Å²) >= 11 is 9.15. The lowest BCUT2D eigenvalue weighted by atomic mass is 10.1. The fourth-order valence-corrected chi connectivity index (χ4v) is 5.14. The molecule has 1 aliphatic rings. The number of benzene rings is 2. The molecule has 0 amide bonds. The van der Waals surface area contributed by atoms with Gasteiger partial charge in [0.15, 0.2) is 9.84 Å². The van der Waals surface area contributed by atoms with E-state index in [1.54, 1.807) is 12.1 Å². The number of halogens is 2. The van der Waals surface area contributed by atoms with Gasteiger partial charge in [-0.05, 0) is 42.0 Å². The molecule has 0 radical (unpaired) electrons. The number of nitrogens with zero attached hydrogens (tertiary/aromatic N) is 1. The molecule has 0 heterocycles. The summed E-state index contributed by atoms with van der Waals surface area (Å²) in [5.74, 6) is -0.791. The van der Waals surface area contributed by atoms with Crippen LogP contribution in [0.25, 0.3) is 0 Å². The van der Waals surface area contributed by atoms with Crippen molar-refractivity contribution in [1.29, 1.82) is 5.26 Å². The van der Waals surface area contributed by atoms with E-state index in [1.165, 1.54) is 12.1 Å². The Morgan fingerprint density at radius 3 is 2.18 bits per heavy atom. The SMILES string of the molecule is N#CC1C(c2ccc(Br)cc2)C1S(=O)(=O)c1ccc(Cl)cc1. The maximum absolute atomic E-state index is 12.7. The van der Waals surface area contributed by atoms with Crippen LogP contribution in [0.1, 0.15) is 11.5 Å². The van der Waals surface area contributed by atoms with Crippen LogP contribution in [0.2, 0.25) is 5.02 Å². The van der Waals surface area contributed by atoms with Crippen molar-refractivity contribution in [3.8, 4) is 6.07 Å². The topological polar surface area (TPSA) is 57.9 Å². The molecule has 0 aliphatic heterocycles. The second-order valence-corrected chi connectivity index (χ2v) is 8.65. The Bertz CT molecular complexity index is 841. The van der Waals surface area contributed by atoms with E-state index in [4.69, 9.17) is 11.6 Å². The molecule has 0 bridgehead atoms. The molecule has 0 N–H and O–H groups in total. The molecule has 3 rings (SSSR count). The summed E-state index contributed by atoms with van der Waals surface area (Å²) in [6.07, 6.45) is 0. The molecule has 112 valence electrons. The van der Waals surface area contributed by atoms with Gasteiger partial charge in [0.1, 0.15) is 0 Å². The number of nitriles is 1. The van der Waals surface area contributed by atoms with E-state index >= 15 is 0 Å². The predicted octanol–water partition coefficient (Wildman–Crippen LogP) is 4.18. The summed E-state index contributed by atoms with van der Waals surface area (Å²) in [6.45, 7) is 0. The molecule has 0 saturated heterocycles. The Balaban J connectivity index is 1.95. The standard InChI is InChI=1S/C16H11BrClNO2S/c17-11-3-1-10(2-4-11)15-14(9-19)16(15)22(20,21)13-7-5-12(18)6-8-13/h1-8,14-16H. The molecule has 6 heteroatoms. The van der Waals surface area contributed by atoms with E-state index in [9.17, 15) is 13.7 Å². The second-order valence-electron chi connectivity index (χ2n) is 5.20. The third kappa shape index (κ3) is 2.67. The number of hydrogen-bond donors (Lipinski definition) is 0. The van der Waals surface area contributed by atoms with Crippen molar-refractivity contribution in [2.45, 2.75) is 16.1 Å². The van der Waals surface area contributed by atoms with Gasteiger partial charge in [-0.1, -0.05) is 39.7 Å². The van der Waals surface area contributed by atoms with E-state index in [0.717, 1.165) is 10.0 Å². The highest BCUT2D eigenvalue weighted by atomic mass is 79.9. The van der Waals surface area contributed by atoms with Crippen LogP contribution in [0.4, 0.5) is 0 Å². The Labute approximate surface area is 142 Å². The number of sulfone groups is 1. The van der Waals surface area contributed by atoms with Gasteiger partial charge in [-0.25, -0.2) is 8.42 Å². The van der Waals surface area contributed by atoms with Crippen molar-refractivity contribution in [2.24, 2.45) is 5.92 Å². The van der Waals surface area contributed by atoms with Crippen LogP contribution >= 0.6 is 27.5 Å². The monoisotopic (exact) mass is 395 g/mol. The van der Waals surface area contributed by atoms with Crippen molar-refractivity contribution < 1.29 is 8.42 Å². The van der Waals surface area contributed by atoms with Gasteiger partial charge in [-0.15, -0.1) is 0 Å². The maximum Gasteiger partial charge on any atom is 0.183 e. The summed E-state index contributed by atoms with van der Waals surface area (Å²) in [5.41, 5.74) is 0.872. The highest BCUT2D eigenvalue weighted by molar-refractivity contribution is 9.10. The molecule has 0 aromatic heterocycles. The average molecular weight is 397 g/mol. The first kappa shape index (κ1) is 15.5. The first-order chi connectivity index (χ1) is 10.4. The van der Waals surface area contributed by atoms with E-state index in [-0.39, 0.29) is 10.8 Å². The van der Waals surface area contributed by atoms with Crippen LogP contribution in [0, 0.1) is 17.2 Å². The van der Waals surface area contributed by atoms with E-state index in [0.29, 0.717) is 5.02 Å². The maximum atomic E-state index is 12.7. The van der Waals surface area contributed by atoms with Crippen molar-refractivity contribution >= 4 is 37.4 Å². The van der Waals surface area contributed by atoms with Crippen LogP contribution in [0.5, 0.6) is 0 Å². The van der Waals surface area contributed by atoms with Gasteiger partial charge < -0.3 is 0 Å². The van der Waals surface area contributed by atoms with Gasteiger partial charge in [-0.3, -0.25) is 0 Å². The Morgan fingerprint density at radius 2 is 1.64 bits per heavy atom. The zero-order valence-electron chi connectivity index (χ0n) is 11.3. The van der Waals surface area contributed by atoms with E-state index in [2.05, 4.69) is 22.0 Å². The highest BCUT2D eigenvalue weighted by Gasteiger charge is 2.59. The summed E-state index contributed by atoms with van der Waals surface area (Å²) in [5, 5.41) is 9.06. The summed E-state index contributed by atoms with van der Waals surface area (Å²) < 4.78 is 26.4. The zero-order chi connectivity index (χ0) is 15.9. The first-order valence-corrected chi connectivity index (χ1v) is 9.31. The molecule has 0 spiro atoms. The van der Waals surface area contributed by atoms with Crippen LogP contribution in [0.15, 0.2) is 57.9 Å². The normalized spacial score (nSPS) is 23.8. The molecule has 3 unspecified atom stereocenters. The minimum atomic E-state index is -3.54. The fraction of sp³-hybridized carbons (Fsp3) is 0.188.